The first kappa shape index (κ1) is 23.9. The summed E-state index contributed by atoms with van der Waals surface area (Å²) in [6.07, 6.45) is 3.70. The number of fused-ring (bicyclic) bond motifs is 1. The third-order valence-corrected chi connectivity index (χ3v) is 8.18. The Bertz CT molecular complexity index is 1420. The zero-order chi connectivity index (χ0) is 25.4. The van der Waals surface area contributed by atoms with Crippen LogP contribution in [0.1, 0.15) is 5.69 Å². The minimum Gasteiger partial charge on any atom is -0.477 e. The molecule has 12 nitrogen and oxygen atoms in total. The lowest BCUT2D eigenvalue weighted by Crippen LogP contribution is -2.71. The zero-order valence-corrected chi connectivity index (χ0v) is 20.7. The summed E-state index contributed by atoms with van der Waals surface area (Å²) < 4.78 is 1.85. The van der Waals surface area contributed by atoms with Crippen molar-refractivity contribution in [2.75, 3.05) is 11.5 Å². The SMILES string of the molecule is Nc1nc(C(=NO)C(=O)N[C@@H]2C(=O)N3C(C(=O)O)=C(C[n+]4cccc(-c5cscn5)c4)CS[C@@H]23)cs1. The molecule has 1 fully saturated rings. The molecule has 5 heterocycles. The van der Waals surface area contributed by atoms with Gasteiger partial charge in [-0.2, -0.15) is 0 Å². The number of hydrogen-bond acceptors (Lipinski definition) is 11. The molecule has 5 rings (SSSR count). The molecule has 3 aromatic heterocycles. The topological polar surface area (TPSA) is 175 Å². The van der Waals surface area contributed by atoms with Crippen molar-refractivity contribution in [1.82, 2.24) is 20.2 Å². The van der Waals surface area contributed by atoms with Crippen LogP contribution in [0.3, 0.4) is 0 Å². The molecule has 0 bridgehead atoms. The highest BCUT2D eigenvalue weighted by molar-refractivity contribution is 8.00. The molecule has 36 heavy (non-hydrogen) atoms. The first-order valence-electron chi connectivity index (χ1n) is 10.4. The van der Waals surface area contributed by atoms with Gasteiger partial charge >= 0.3 is 5.97 Å². The van der Waals surface area contributed by atoms with Crippen LogP contribution in [-0.4, -0.2) is 65.8 Å². The van der Waals surface area contributed by atoms with E-state index in [4.69, 9.17) is 5.73 Å². The Kier molecular flexibility index (Phi) is 6.42. The van der Waals surface area contributed by atoms with E-state index in [9.17, 15) is 24.7 Å². The average molecular weight is 545 g/mol. The predicted molar refractivity (Wildman–Crippen MR) is 132 cm³/mol. The van der Waals surface area contributed by atoms with E-state index in [0.29, 0.717) is 11.3 Å². The Morgan fingerprint density at radius 3 is 2.86 bits per heavy atom. The van der Waals surface area contributed by atoms with E-state index in [2.05, 4.69) is 20.4 Å². The second-order valence-electron chi connectivity index (χ2n) is 7.78. The number of carboxylic acid groups (broad SMARTS) is 1. The molecule has 5 N–H and O–H groups in total. The van der Waals surface area contributed by atoms with Crippen molar-refractivity contribution >= 4 is 63.1 Å². The van der Waals surface area contributed by atoms with Crippen LogP contribution < -0.4 is 15.6 Å². The monoisotopic (exact) mass is 544 g/mol. The fourth-order valence-corrected chi connectivity index (χ4v) is 6.42. The number of nitrogens with one attached hydrogen (secondary N) is 1. The number of carbonyl (C=O) groups is 3. The number of carbonyl (C=O) groups excluding carboxylic acids is 2. The predicted octanol–water partition coefficient (Wildman–Crippen LogP) is 0.753. The summed E-state index contributed by atoms with van der Waals surface area (Å²) in [5, 5.41) is 27.7. The number of nitrogens with two attached hydrogens (primary N) is 1. The van der Waals surface area contributed by atoms with Crippen LogP contribution in [0.15, 0.2) is 57.2 Å². The second kappa shape index (κ2) is 9.67. The Morgan fingerprint density at radius 2 is 2.19 bits per heavy atom. The van der Waals surface area contributed by atoms with E-state index in [0.717, 1.165) is 22.6 Å². The van der Waals surface area contributed by atoms with Gasteiger partial charge in [0, 0.05) is 28.2 Å². The zero-order valence-electron chi connectivity index (χ0n) is 18.3. The molecule has 3 aromatic rings. The van der Waals surface area contributed by atoms with Gasteiger partial charge in [-0.3, -0.25) is 14.5 Å². The van der Waals surface area contributed by atoms with Gasteiger partial charge in [0.15, 0.2) is 29.8 Å². The highest BCUT2D eigenvalue weighted by Gasteiger charge is 2.54. The Balaban J connectivity index is 1.34. The van der Waals surface area contributed by atoms with E-state index >= 15 is 0 Å². The summed E-state index contributed by atoms with van der Waals surface area (Å²) in [7, 11) is 0. The molecule has 0 aromatic carbocycles. The van der Waals surface area contributed by atoms with Crippen molar-refractivity contribution in [2.24, 2.45) is 5.16 Å². The van der Waals surface area contributed by atoms with Crippen LogP contribution in [0.5, 0.6) is 0 Å². The van der Waals surface area contributed by atoms with Gasteiger partial charge in [0.1, 0.15) is 22.8 Å². The third-order valence-electron chi connectivity index (χ3n) is 5.58. The number of amides is 2. The molecule has 1 saturated heterocycles. The van der Waals surface area contributed by atoms with Gasteiger partial charge in [-0.15, -0.1) is 34.4 Å². The summed E-state index contributed by atoms with van der Waals surface area (Å²) in [4.78, 5) is 47.2. The summed E-state index contributed by atoms with van der Waals surface area (Å²) in [5.74, 6) is -2.26. The molecule has 2 aliphatic heterocycles. The van der Waals surface area contributed by atoms with Gasteiger partial charge < -0.3 is 21.4 Å². The van der Waals surface area contributed by atoms with Crippen LogP contribution in [0.4, 0.5) is 5.13 Å². The molecule has 0 aliphatic carbocycles. The average Bonchev–Trinajstić information content (AvgIpc) is 3.55. The number of hydrogen-bond donors (Lipinski definition) is 4. The molecule has 2 atom stereocenters. The van der Waals surface area contributed by atoms with E-state index in [1.54, 1.807) is 5.51 Å². The van der Waals surface area contributed by atoms with Crippen LogP contribution >= 0.6 is 34.4 Å². The minimum absolute atomic E-state index is 0.0720. The van der Waals surface area contributed by atoms with Gasteiger partial charge in [0.25, 0.3) is 11.8 Å². The van der Waals surface area contributed by atoms with Crippen LogP contribution in [0.2, 0.25) is 0 Å². The molecular formula is C21H18N7O5S3+. The molecule has 2 amide bonds. The molecule has 0 unspecified atom stereocenters. The number of pyridine rings is 1. The van der Waals surface area contributed by atoms with E-state index in [1.165, 1.54) is 33.4 Å². The van der Waals surface area contributed by atoms with Gasteiger partial charge in [0.2, 0.25) is 0 Å². The Labute approximate surface area is 215 Å². The number of anilines is 1. The first-order chi connectivity index (χ1) is 17.4. The standard InChI is InChI=1S/C21H17N7O5S3/c22-21-24-13(8-36-21)14(26-33)17(29)25-15-18(30)28-16(20(31)32)11(6-35-19(15)28)5-27-3-1-2-10(4-27)12-7-34-9-23-12/h1-4,7-9,15,19H,5-6H2,(H4-,22,24,25,29,31,32,33)/p+1/t15-,19+/m1/s1. The van der Waals surface area contributed by atoms with E-state index in [1.807, 2.05) is 34.5 Å². The van der Waals surface area contributed by atoms with Crippen molar-refractivity contribution in [3.8, 4) is 11.3 Å². The lowest BCUT2D eigenvalue weighted by Gasteiger charge is -2.49. The number of rotatable bonds is 7. The fraction of sp³-hybridized carbons (Fsp3) is 0.190. The van der Waals surface area contributed by atoms with Crippen LogP contribution in [0.25, 0.3) is 11.3 Å². The number of oxime groups is 1. The Hall–Kier alpha value is -3.82. The molecule has 0 radical (unpaired) electrons. The molecular weight excluding hydrogens is 526 g/mol. The van der Waals surface area contributed by atoms with Crippen LogP contribution in [-0.2, 0) is 20.9 Å². The number of nitrogens with zero attached hydrogens (tertiary/aromatic N) is 5. The maximum absolute atomic E-state index is 13.0. The number of aliphatic carboxylic acids is 1. The molecule has 15 heteroatoms. The quantitative estimate of drug-likeness (QED) is 0.110. The summed E-state index contributed by atoms with van der Waals surface area (Å²) in [6, 6.07) is 2.79. The number of aromatic nitrogens is 3. The van der Waals surface area contributed by atoms with E-state index < -0.39 is 29.2 Å². The van der Waals surface area contributed by atoms with Gasteiger partial charge in [0.05, 0.1) is 16.8 Å². The minimum atomic E-state index is -1.22. The van der Waals surface area contributed by atoms with E-state index in [-0.39, 0.29) is 28.8 Å². The van der Waals surface area contributed by atoms with Gasteiger partial charge in [-0.1, -0.05) is 5.16 Å². The number of carboxylic acids is 1. The smallest absolute Gasteiger partial charge is 0.352 e. The van der Waals surface area contributed by atoms with Crippen LogP contribution in [0, 0.1) is 0 Å². The fourth-order valence-electron chi connectivity index (χ4n) is 3.97. The number of β-lactam (4-membered cyclic amide) rings is 1. The maximum atomic E-state index is 13.0. The lowest BCUT2D eigenvalue weighted by molar-refractivity contribution is -0.688. The van der Waals surface area contributed by atoms with Crippen molar-refractivity contribution in [2.45, 2.75) is 18.0 Å². The number of thioether (sulfide) groups is 1. The lowest BCUT2D eigenvalue weighted by atomic mass is 10.0. The van der Waals surface area contributed by atoms with Gasteiger partial charge in [-0.05, 0) is 6.07 Å². The number of nitrogen functional groups attached to an aromatic ring is 1. The maximum Gasteiger partial charge on any atom is 0.352 e. The first-order valence-corrected chi connectivity index (χ1v) is 13.3. The van der Waals surface area contributed by atoms with Crippen molar-refractivity contribution in [3.63, 3.8) is 0 Å². The highest BCUT2D eigenvalue weighted by Crippen LogP contribution is 2.40. The highest BCUT2D eigenvalue weighted by atomic mass is 32.2. The molecule has 184 valence electrons. The number of thiazole rings is 2. The van der Waals surface area contributed by atoms with Gasteiger partial charge in [-0.25, -0.2) is 19.3 Å². The summed E-state index contributed by atoms with van der Waals surface area (Å²) >= 11 is 3.89. The van der Waals surface area contributed by atoms with Crippen molar-refractivity contribution in [1.29, 1.82) is 0 Å². The molecule has 2 aliphatic rings. The molecule has 0 spiro atoms. The molecule has 0 saturated carbocycles. The summed E-state index contributed by atoms with van der Waals surface area (Å²) in [6.45, 7) is 0.271. The summed E-state index contributed by atoms with van der Waals surface area (Å²) in [5.41, 5.74) is 9.18. The largest absolute Gasteiger partial charge is 0.477 e. The normalized spacial score (nSPS) is 19.6. The third kappa shape index (κ3) is 4.31. The Morgan fingerprint density at radius 1 is 1.36 bits per heavy atom. The van der Waals surface area contributed by atoms with Crippen molar-refractivity contribution in [3.05, 3.63) is 57.8 Å². The second-order valence-corrected chi connectivity index (χ2v) is 10.5. The van der Waals surface area contributed by atoms with Crippen molar-refractivity contribution < 1.29 is 29.3 Å².